The molecule has 1 amide bonds. The SMILES string of the molecule is CCOc1ccc(CN[C@@H]2CCN(C(C)=O)C[C@H]2C)cc1OC. The van der Waals surface area contributed by atoms with Crippen molar-refractivity contribution in [2.24, 2.45) is 5.92 Å². The smallest absolute Gasteiger partial charge is 0.219 e. The van der Waals surface area contributed by atoms with Crippen LogP contribution in [0.15, 0.2) is 18.2 Å². The predicted molar refractivity (Wildman–Crippen MR) is 90.8 cm³/mol. The lowest BCUT2D eigenvalue weighted by atomic mass is 9.93. The van der Waals surface area contributed by atoms with E-state index in [0.29, 0.717) is 18.6 Å². The second-order valence-electron chi connectivity index (χ2n) is 6.14. The van der Waals surface area contributed by atoms with Gasteiger partial charge in [0.2, 0.25) is 5.91 Å². The summed E-state index contributed by atoms with van der Waals surface area (Å²) in [6, 6.07) is 6.48. The standard InChI is InChI=1S/C18H28N2O3/c1-5-23-17-7-6-15(10-18(17)22-4)11-19-16-8-9-20(14(3)21)12-13(16)2/h6-7,10,13,16,19H,5,8-9,11-12H2,1-4H3/t13-,16-/m1/s1. The third-order valence-electron chi connectivity index (χ3n) is 4.45. The van der Waals surface area contributed by atoms with Gasteiger partial charge in [0.1, 0.15) is 0 Å². The highest BCUT2D eigenvalue weighted by Crippen LogP contribution is 2.28. The van der Waals surface area contributed by atoms with Crippen molar-refractivity contribution >= 4 is 5.91 Å². The van der Waals surface area contributed by atoms with Crippen LogP contribution in [-0.2, 0) is 11.3 Å². The Bertz CT molecular complexity index is 533. The number of likely N-dealkylation sites (tertiary alicyclic amines) is 1. The van der Waals surface area contributed by atoms with Crippen LogP contribution in [0, 0.1) is 5.92 Å². The Morgan fingerprint density at radius 1 is 1.39 bits per heavy atom. The van der Waals surface area contributed by atoms with Gasteiger partial charge in [0.15, 0.2) is 11.5 Å². The first kappa shape index (κ1) is 17.6. The summed E-state index contributed by atoms with van der Waals surface area (Å²) in [4.78, 5) is 13.4. The molecule has 0 saturated carbocycles. The highest BCUT2D eigenvalue weighted by Gasteiger charge is 2.26. The molecule has 1 aromatic carbocycles. The number of benzene rings is 1. The zero-order chi connectivity index (χ0) is 16.8. The number of amides is 1. The fourth-order valence-corrected chi connectivity index (χ4v) is 3.08. The van der Waals surface area contributed by atoms with Gasteiger partial charge < -0.3 is 19.7 Å². The fraction of sp³-hybridized carbons (Fsp3) is 0.611. The van der Waals surface area contributed by atoms with E-state index in [-0.39, 0.29) is 5.91 Å². The molecule has 1 aliphatic rings. The molecule has 2 rings (SSSR count). The van der Waals surface area contributed by atoms with Crippen molar-refractivity contribution < 1.29 is 14.3 Å². The van der Waals surface area contributed by atoms with Gasteiger partial charge in [0, 0.05) is 32.6 Å². The molecular weight excluding hydrogens is 292 g/mol. The lowest BCUT2D eigenvalue weighted by molar-refractivity contribution is -0.130. The van der Waals surface area contributed by atoms with Crippen molar-refractivity contribution in [3.8, 4) is 11.5 Å². The molecule has 0 unspecified atom stereocenters. The molecule has 23 heavy (non-hydrogen) atoms. The second-order valence-corrected chi connectivity index (χ2v) is 6.14. The maximum atomic E-state index is 11.5. The molecule has 1 heterocycles. The number of hydrogen-bond acceptors (Lipinski definition) is 4. The zero-order valence-electron chi connectivity index (χ0n) is 14.6. The Kier molecular flexibility index (Phi) is 6.28. The lowest BCUT2D eigenvalue weighted by Crippen LogP contribution is -2.49. The van der Waals surface area contributed by atoms with Crippen molar-refractivity contribution in [1.82, 2.24) is 10.2 Å². The maximum Gasteiger partial charge on any atom is 0.219 e. The number of ether oxygens (including phenoxy) is 2. The van der Waals surface area contributed by atoms with E-state index in [1.54, 1.807) is 14.0 Å². The van der Waals surface area contributed by atoms with Crippen molar-refractivity contribution in [3.63, 3.8) is 0 Å². The molecule has 1 N–H and O–H groups in total. The van der Waals surface area contributed by atoms with Gasteiger partial charge >= 0.3 is 0 Å². The maximum absolute atomic E-state index is 11.5. The third-order valence-corrected chi connectivity index (χ3v) is 4.45. The monoisotopic (exact) mass is 320 g/mol. The molecule has 128 valence electrons. The molecule has 0 aliphatic carbocycles. The number of piperidine rings is 1. The molecular formula is C18H28N2O3. The number of nitrogens with zero attached hydrogens (tertiary/aromatic N) is 1. The van der Waals surface area contributed by atoms with E-state index in [0.717, 1.165) is 37.6 Å². The highest BCUT2D eigenvalue weighted by molar-refractivity contribution is 5.73. The van der Waals surface area contributed by atoms with Crippen molar-refractivity contribution in [3.05, 3.63) is 23.8 Å². The number of rotatable bonds is 6. The van der Waals surface area contributed by atoms with Crippen LogP contribution in [0.2, 0.25) is 0 Å². The second kappa shape index (κ2) is 8.20. The molecule has 1 aromatic rings. The number of nitrogens with one attached hydrogen (secondary N) is 1. The number of methoxy groups -OCH3 is 1. The molecule has 0 bridgehead atoms. The van der Waals surface area contributed by atoms with Gasteiger partial charge in [-0.3, -0.25) is 4.79 Å². The summed E-state index contributed by atoms with van der Waals surface area (Å²) in [5, 5.41) is 3.62. The number of hydrogen-bond donors (Lipinski definition) is 1. The van der Waals surface area contributed by atoms with E-state index in [9.17, 15) is 4.79 Å². The van der Waals surface area contributed by atoms with E-state index in [1.165, 1.54) is 5.56 Å². The van der Waals surface area contributed by atoms with E-state index < -0.39 is 0 Å². The Morgan fingerprint density at radius 2 is 2.17 bits per heavy atom. The first-order valence-corrected chi connectivity index (χ1v) is 8.33. The minimum Gasteiger partial charge on any atom is -0.493 e. The fourth-order valence-electron chi connectivity index (χ4n) is 3.08. The van der Waals surface area contributed by atoms with Crippen LogP contribution >= 0.6 is 0 Å². The van der Waals surface area contributed by atoms with Gasteiger partial charge in [-0.1, -0.05) is 13.0 Å². The van der Waals surface area contributed by atoms with Crippen molar-refractivity contribution in [2.45, 2.75) is 39.8 Å². The average Bonchev–Trinajstić information content (AvgIpc) is 2.54. The van der Waals surface area contributed by atoms with Gasteiger partial charge in [-0.05, 0) is 37.0 Å². The number of carbonyl (C=O) groups excluding carboxylic acids is 1. The highest BCUT2D eigenvalue weighted by atomic mass is 16.5. The van der Waals surface area contributed by atoms with Gasteiger partial charge in [0.05, 0.1) is 13.7 Å². The average molecular weight is 320 g/mol. The van der Waals surface area contributed by atoms with Gasteiger partial charge in [-0.15, -0.1) is 0 Å². The first-order valence-electron chi connectivity index (χ1n) is 8.33. The van der Waals surface area contributed by atoms with Crippen LogP contribution in [0.25, 0.3) is 0 Å². The number of carbonyl (C=O) groups is 1. The topological polar surface area (TPSA) is 50.8 Å². The van der Waals surface area contributed by atoms with Crippen LogP contribution in [-0.4, -0.2) is 43.7 Å². The molecule has 5 heteroatoms. The van der Waals surface area contributed by atoms with Crippen molar-refractivity contribution in [1.29, 1.82) is 0 Å². The van der Waals surface area contributed by atoms with Gasteiger partial charge in [-0.25, -0.2) is 0 Å². The Hall–Kier alpha value is -1.75. The van der Waals surface area contributed by atoms with Crippen molar-refractivity contribution in [2.75, 3.05) is 26.8 Å². The summed E-state index contributed by atoms with van der Waals surface area (Å²) in [5.41, 5.74) is 1.17. The molecule has 5 nitrogen and oxygen atoms in total. The normalized spacial score (nSPS) is 21.1. The molecule has 0 spiro atoms. The summed E-state index contributed by atoms with van der Waals surface area (Å²) < 4.78 is 10.9. The zero-order valence-corrected chi connectivity index (χ0v) is 14.6. The van der Waals surface area contributed by atoms with Crippen LogP contribution in [0.3, 0.4) is 0 Å². The molecule has 0 radical (unpaired) electrons. The summed E-state index contributed by atoms with van der Waals surface area (Å²) in [5.74, 6) is 2.18. The molecule has 0 aromatic heterocycles. The van der Waals surface area contributed by atoms with E-state index in [4.69, 9.17) is 9.47 Å². The molecule has 2 atom stereocenters. The Morgan fingerprint density at radius 3 is 2.78 bits per heavy atom. The lowest BCUT2D eigenvalue weighted by Gasteiger charge is -2.37. The summed E-state index contributed by atoms with van der Waals surface area (Å²) in [6.07, 6.45) is 0.995. The van der Waals surface area contributed by atoms with Crippen LogP contribution < -0.4 is 14.8 Å². The summed E-state index contributed by atoms with van der Waals surface area (Å²) >= 11 is 0. The van der Waals surface area contributed by atoms with Crippen LogP contribution in [0.5, 0.6) is 11.5 Å². The minimum absolute atomic E-state index is 0.173. The molecule has 1 aliphatic heterocycles. The summed E-state index contributed by atoms with van der Waals surface area (Å²) in [6.45, 7) is 8.89. The first-order chi connectivity index (χ1) is 11.0. The quantitative estimate of drug-likeness (QED) is 0.875. The minimum atomic E-state index is 0.173. The molecule has 1 fully saturated rings. The third kappa shape index (κ3) is 4.61. The molecule has 1 saturated heterocycles. The van der Waals surface area contributed by atoms with E-state index in [2.05, 4.69) is 18.3 Å². The van der Waals surface area contributed by atoms with Gasteiger partial charge in [0.25, 0.3) is 0 Å². The Labute approximate surface area is 139 Å². The van der Waals surface area contributed by atoms with Crippen LogP contribution in [0.4, 0.5) is 0 Å². The van der Waals surface area contributed by atoms with E-state index >= 15 is 0 Å². The Balaban J connectivity index is 1.92. The van der Waals surface area contributed by atoms with Crippen LogP contribution in [0.1, 0.15) is 32.8 Å². The predicted octanol–water partition coefficient (Wildman–Crippen LogP) is 2.44. The summed E-state index contributed by atoms with van der Waals surface area (Å²) in [7, 11) is 1.66. The van der Waals surface area contributed by atoms with Gasteiger partial charge in [-0.2, -0.15) is 0 Å². The largest absolute Gasteiger partial charge is 0.493 e. The van der Waals surface area contributed by atoms with E-state index in [1.807, 2.05) is 24.0 Å².